The van der Waals surface area contributed by atoms with E-state index in [0.29, 0.717) is 11.8 Å². The number of fused-ring (bicyclic) bond motifs is 1. The largest absolute Gasteiger partial charge is 0.493 e. The summed E-state index contributed by atoms with van der Waals surface area (Å²) < 4.78 is 5.68. The van der Waals surface area contributed by atoms with Crippen LogP contribution in [0, 0.1) is 12.8 Å². The Morgan fingerprint density at radius 1 is 1.36 bits per heavy atom. The molecule has 0 N–H and O–H groups in total. The molecule has 1 heteroatoms. The van der Waals surface area contributed by atoms with Crippen LogP contribution in [-0.4, -0.2) is 6.61 Å². The molecule has 14 heavy (non-hydrogen) atoms. The predicted molar refractivity (Wildman–Crippen MR) is 58.9 cm³/mol. The molecule has 0 radical (unpaired) electrons. The second kappa shape index (κ2) is 3.64. The van der Waals surface area contributed by atoms with E-state index in [0.717, 1.165) is 18.8 Å². The summed E-state index contributed by atoms with van der Waals surface area (Å²) in [5, 5.41) is 0. The van der Waals surface area contributed by atoms with Crippen molar-refractivity contribution in [3.8, 4) is 5.75 Å². The van der Waals surface area contributed by atoms with Crippen molar-refractivity contribution >= 4 is 0 Å². The van der Waals surface area contributed by atoms with Gasteiger partial charge in [0.1, 0.15) is 5.75 Å². The van der Waals surface area contributed by atoms with Gasteiger partial charge in [-0.3, -0.25) is 0 Å². The SMILES string of the molecule is Cc1ccc2c(c1)OCCC2C(C)C. The Morgan fingerprint density at radius 2 is 2.14 bits per heavy atom. The first-order valence-corrected chi connectivity index (χ1v) is 5.42. The molecule has 0 saturated heterocycles. The van der Waals surface area contributed by atoms with Gasteiger partial charge in [0, 0.05) is 0 Å². The van der Waals surface area contributed by atoms with E-state index in [1.807, 2.05) is 0 Å². The molecule has 76 valence electrons. The molecule has 1 aliphatic heterocycles. The second-order valence-electron chi connectivity index (χ2n) is 4.53. The summed E-state index contributed by atoms with van der Waals surface area (Å²) in [5.74, 6) is 2.50. The van der Waals surface area contributed by atoms with Crippen LogP contribution in [0.15, 0.2) is 18.2 Å². The van der Waals surface area contributed by atoms with Gasteiger partial charge in [-0.25, -0.2) is 0 Å². The van der Waals surface area contributed by atoms with Gasteiger partial charge >= 0.3 is 0 Å². The van der Waals surface area contributed by atoms with Crippen LogP contribution in [-0.2, 0) is 0 Å². The molecule has 0 aliphatic carbocycles. The summed E-state index contributed by atoms with van der Waals surface area (Å²) in [6, 6.07) is 6.57. The topological polar surface area (TPSA) is 9.23 Å². The number of hydrogen-bond donors (Lipinski definition) is 0. The van der Waals surface area contributed by atoms with Crippen molar-refractivity contribution in [2.45, 2.75) is 33.1 Å². The Kier molecular flexibility index (Phi) is 2.49. The van der Waals surface area contributed by atoms with E-state index < -0.39 is 0 Å². The van der Waals surface area contributed by atoms with E-state index in [1.54, 1.807) is 0 Å². The van der Waals surface area contributed by atoms with Crippen molar-refractivity contribution in [2.75, 3.05) is 6.61 Å². The van der Waals surface area contributed by atoms with Crippen molar-refractivity contribution in [3.63, 3.8) is 0 Å². The molecule has 1 unspecified atom stereocenters. The minimum atomic E-state index is 0.680. The molecule has 0 aromatic heterocycles. The summed E-state index contributed by atoms with van der Waals surface area (Å²) in [4.78, 5) is 0. The highest BCUT2D eigenvalue weighted by atomic mass is 16.5. The normalized spacial score (nSPS) is 20.4. The van der Waals surface area contributed by atoms with Gasteiger partial charge < -0.3 is 4.74 Å². The van der Waals surface area contributed by atoms with Crippen LogP contribution >= 0.6 is 0 Å². The zero-order chi connectivity index (χ0) is 10.1. The summed E-state index contributed by atoms with van der Waals surface area (Å²) >= 11 is 0. The third kappa shape index (κ3) is 1.63. The number of rotatable bonds is 1. The Bertz CT molecular complexity index is 328. The van der Waals surface area contributed by atoms with E-state index in [4.69, 9.17) is 4.74 Å². The van der Waals surface area contributed by atoms with Crippen LogP contribution in [0.1, 0.15) is 37.3 Å². The van der Waals surface area contributed by atoms with Crippen molar-refractivity contribution in [3.05, 3.63) is 29.3 Å². The van der Waals surface area contributed by atoms with Crippen molar-refractivity contribution in [1.82, 2.24) is 0 Å². The lowest BCUT2D eigenvalue weighted by Gasteiger charge is -2.28. The standard InChI is InChI=1S/C13H18O/c1-9(2)11-6-7-14-13-8-10(3)4-5-12(11)13/h4-5,8-9,11H,6-7H2,1-3H3. The van der Waals surface area contributed by atoms with Gasteiger partial charge in [0.2, 0.25) is 0 Å². The Balaban J connectivity index is 2.40. The maximum absolute atomic E-state index is 5.68. The zero-order valence-corrected chi connectivity index (χ0v) is 9.21. The molecule has 0 fully saturated rings. The van der Waals surface area contributed by atoms with Gasteiger partial charge in [-0.05, 0) is 42.4 Å². The van der Waals surface area contributed by atoms with Crippen molar-refractivity contribution in [2.24, 2.45) is 5.92 Å². The molecular formula is C13H18O. The molecule has 2 rings (SSSR count). The summed E-state index contributed by atoms with van der Waals surface area (Å²) in [6.07, 6.45) is 1.16. The minimum Gasteiger partial charge on any atom is -0.493 e. The van der Waals surface area contributed by atoms with Gasteiger partial charge in [0.25, 0.3) is 0 Å². The molecule has 0 spiro atoms. The summed E-state index contributed by atoms with van der Waals surface area (Å²) in [6.45, 7) is 7.57. The predicted octanol–water partition coefficient (Wildman–Crippen LogP) is 3.52. The Morgan fingerprint density at radius 3 is 2.86 bits per heavy atom. The van der Waals surface area contributed by atoms with Gasteiger partial charge in [-0.15, -0.1) is 0 Å². The highest BCUT2D eigenvalue weighted by Crippen LogP contribution is 2.38. The number of ether oxygens (including phenoxy) is 1. The lowest BCUT2D eigenvalue weighted by molar-refractivity contribution is 0.247. The Labute approximate surface area is 86.1 Å². The molecule has 0 saturated carbocycles. The van der Waals surface area contributed by atoms with E-state index >= 15 is 0 Å². The van der Waals surface area contributed by atoms with Gasteiger partial charge in [0.15, 0.2) is 0 Å². The van der Waals surface area contributed by atoms with Gasteiger partial charge in [0.05, 0.1) is 6.61 Å². The Hall–Kier alpha value is -0.980. The van der Waals surface area contributed by atoms with Crippen molar-refractivity contribution < 1.29 is 4.74 Å². The van der Waals surface area contributed by atoms with E-state index in [1.165, 1.54) is 11.1 Å². The van der Waals surface area contributed by atoms with Crippen molar-refractivity contribution in [1.29, 1.82) is 0 Å². The zero-order valence-electron chi connectivity index (χ0n) is 9.21. The van der Waals surface area contributed by atoms with Crippen LogP contribution in [0.3, 0.4) is 0 Å². The van der Waals surface area contributed by atoms with E-state index in [-0.39, 0.29) is 0 Å². The first-order valence-electron chi connectivity index (χ1n) is 5.42. The third-order valence-electron chi connectivity index (χ3n) is 3.06. The van der Waals surface area contributed by atoms with E-state index in [2.05, 4.69) is 39.0 Å². The fraction of sp³-hybridized carbons (Fsp3) is 0.538. The molecular weight excluding hydrogens is 172 g/mol. The minimum absolute atomic E-state index is 0.680. The molecule has 0 amide bonds. The molecule has 1 aliphatic rings. The van der Waals surface area contributed by atoms with Gasteiger partial charge in [-0.1, -0.05) is 26.0 Å². The molecule has 1 atom stereocenters. The number of benzene rings is 1. The summed E-state index contributed by atoms with van der Waals surface area (Å²) in [5.41, 5.74) is 2.69. The maximum Gasteiger partial charge on any atom is 0.123 e. The molecule has 1 aromatic carbocycles. The first kappa shape index (κ1) is 9.57. The van der Waals surface area contributed by atoms with Crippen LogP contribution < -0.4 is 4.74 Å². The lowest BCUT2D eigenvalue weighted by atomic mass is 9.84. The van der Waals surface area contributed by atoms with Gasteiger partial charge in [-0.2, -0.15) is 0 Å². The number of hydrogen-bond acceptors (Lipinski definition) is 1. The highest BCUT2D eigenvalue weighted by molar-refractivity contribution is 5.41. The third-order valence-corrected chi connectivity index (χ3v) is 3.06. The van der Waals surface area contributed by atoms with Crippen LogP contribution in [0.4, 0.5) is 0 Å². The fourth-order valence-electron chi connectivity index (χ4n) is 2.22. The maximum atomic E-state index is 5.68. The average Bonchev–Trinajstić information content (AvgIpc) is 2.16. The quantitative estimate of drug-likeness (QED) is 0.658. The lowest BCUT2D eigenvalue weighted by Crippen LogP contribution is -2.18. The molecule has 1 aromatic rings. The molecule has 1 nitrogen and oxygen atoms in total. The van der Waals surface area contributed by atoms with Crippen LogP contribution in [0.5, 0.6) is 5.75 Å². The second-order valence-corrected chi connectivity index (χ2v) is 4.53. The molecule has 1 heterocycles. The van der Waals surface area contributed by atoms with E-state index in [9.17, 15) is 0 Å². The first-order chi connectivity index (χ1) is 6.68. The summed E-state index contributed by atoms with van der Waals surface area (Å²) in [7, 11) is 0. The smallest absolute Gasteiger partial charge is 0.123 e. The highest BCUT2D eigenvalue weighted by Gasteiger charge is 2.23. The molecule has 0 bridgehead atoms. The van der Waals surface area contributed by atoms with Crippen LogP contribution in [0.2, 0.25) is 0 Å². The monoisotopic (exact) mass is 190 g/mol. The number of aryl methyl sites for hydroxylation is 1. The fourth-order valence-corrected chi connectivity index (χ4v) is 2.22. The van der Waals surface area contributed by atoms with Crippen LogP contribution in [0.25, 0.3) is 0 Å². The average molecular weight is 190 g/mol.